The number of fused-ring (bicyclic) bond motifs is 3. The second kappa shape index (κ2) is 4.56. The van der Waals surface area contributed by atoms with Crippen LogP contribution in [0.2, 0.25) is 0 Å². The SMILES string of the molecule is CCCc1ccc2c(c1)CCc1c(F)[c]ccc1-2. The standard InChI is InChI=1S/C17H16F/c1-2-4-12-7-9-14-13(11-12)8-10-16-15(14)5-3-6-17(16)18/h3,5,7,9,11H,2,4,8,10H2,1H3. The largest absolute Gasteiger partial charge is 0.206 e. The van der Waals surface area contributed by atoms with E-state index in [4.69, 9.17) is 0 Å². The van der Waals surface area contributed by atoms with Crippen LogP contribution in [0.3, 0.4) is 0 Å². The fraction of sp³-hybridized carbons (Fsp3) is 0.294. The van der Waals surface area contributed by atoms with E-state index in [1.165, 1.54) is 23.1 Å². The van der Waals surface area contributed by atoms with Crippen LogP contribution in [0, 0.1) is 11.9 Å². The molecule has 0 nitrogen and oxygen atoms in total. The molecule has 3 rings (SSSR count). The molecule has 1 heteroatoms. The average molecular weight is 239 g/mol. The van der Waals surface area contributed by atoms with Crippen LogP contribution >= 0.6 is 0 Å². The van der Waals surface area contributed by atoms with E-state index in [0.717, 1.165) is 30.4 Å². The Morgan fingerprint density at radius 2 is 2.06 bits per heavy atom. The highest BCUT2D eigenvalue weighted by Gasteiger charge is 2.18. The first-order chi connectivity index (χ1) is 8.79. The van der Waals surface area contributed by atoms with Crippen molar-refractivity contribution >= 4 is 0 Å². The Morgan fingerprint density at radius 1 is 1.17 bits per heavy atom. The lowest BCUT2D eigenvalue weighted by Gasteiger charge is -2.20. The van der Waals surface area contributed by atoms with Crippen LogP contribution in [0.1, 0.15) is 30.0 Å². The van der Waals surface area contributed by atoms with Crippen LogP contribution in [-0.2, 0) is 19.3 Å². The molecular weight excluding hydrogens is 223 g/mol. The second-order valence-corrected chi connectivity index (χ2v) is 4.93. The Bertz CT molecular complexity index is 584. The molecule has 1 radical (unpaired) electrons. The van der Waals surface area contributed by atoms with Crippen molar-refractivity contribution in [2.75, 3.05) is 0 Å². The van der Waals surface area contributed by atoms with Gasteiger partial charge in [0.05, 0.1) is 0 Å². The minimum atomic E-state index is -0.184. The molecule has 1 aliphatic rings. The van der Waals surface area contributed by atoms with Gasteiger partial charge in [-0.15, -0.1) is 0 Å². The molecule has 2 aromatic rings. The van der Waals surface area contributed by atoms with Crippen molar-refractivity contribution in [3.8, 4) is 11.1 Å². The summed E-state index contributed by atoms with van der Waals surface area (Å²) < 4.78 is 13.7. The molecule has 0 saturated carbocycles. The van der Waals surface area contributed by atoms with Gasteiger partial charge in [0, 0.05) is 6.07 Å². The van der Waals surface area contributed by atoms with Gasteiger partial charge in [0.2, 0.25) is 0 Å². The summed E-state index contributed by atoms with van der Waals surface area (Å²) in [5.74, 6) is -0.184. The summed E-state index contributed by atoms with van der Waals surface area (Å²) in [5.41, 5.74) is 5.83. The van der Waals surface area contributed by atoms with Gasteiger partial charge in [-0.05, 0) is 47.1 Å². The monoisotopic (exact) mass is 239 g/mol. The maximum Gasteiger partial charge on any atom is 0.134 e. The van der Waals surface area contributed by atoms with E-state index >= 15 is 0 Å². The molecular formula is C17H16F. The molecule has 0 aromatic heterocycles. The summed E-state index contributed by atoms with van der Waals surface area (Å²) in [7, 11) is 0. The summed E-state index contributed by atoms with van der Waals surface area (Å²) >= 11 is 0. The molecule has 0 bridgehead atoms. The number of rotatable bonds is 2. The smallest absolute Gasteiger partial charge is 0.134 e. The minimum absolute atomic E-state index is 0.184. The molecule has 18 heavy (non-hydrogen) atoms. The van der Waals surface area contributed by atoms with Crippen molar-refractivity contribution < 1.29 is 4.39 Å². The fourth-order valence-electron chi connectivity index (χ4n) is 2.82. The Kier molecular flexibility index (Phi) is 2.91. The molecule has 0 saturated heterocycles. The van der Waals surface area contributed by atoms with E-state index in [1.54, 1.807) is 6.07 Å². The third-order valence-electron chi connectivity index (χ3n) is 3.69. The molecule has 0 aliphatic heterocycles. The summed E-state index contributed by atoms with van der Waals surface area (Å²) in [4.78, 5) is 0. The van der Waals surface area contributed by atoms with Crippen molar-refractivity contribution in [2.24, 2.45) is 0 Å². The first kappa shape index (κ1) is 11.5. The van der Waals surface area contributed by atoms with Gasteiger partial charge in [0.1, 0.15) is 5.82 Å². The predicted octanol–water partition coefficient (Wildman–Crippen LogP) is 4.34. The van der Waals surface area contributed by atoms with Gasteiger partial charge in [0.15, 0.2) is 0 Å². The Balaban J connectivity index is 2.11. The summed E-state index contributed by atoms with van der Waals surface area (Å²) in [6.45, 7) is 2.19. The number of benzene rings is 2. The summed E-state index contributed by atoms with van der Waals surface area (Å²) in [5, 5.41) is 0. The molecule has 1 aliphatic carbocycles. The molecule has 0 N–H and O–H groups in total. The zero-order valence-corrected chi connectivity index (χ0v) is 10.6. The van der Waals surface area contributed by atoms with Gasteiger partial charge >= 0.3 is 0 Å². The highest BCUT2D eigenvalue weighted by molar-refractivity contribution is 5.73. The van der Waals surface area contributed by atoms with Crippen molar-refractivity contribution in [1.82, 2.24) is 0 Å². The van der Waals surface area contributed by atoms with Gasteiger partial charge in [-0.2, -0.15) is 0 Å². The summed E-state index contributed by atoms with van der Waals surface area (Å²) in [6.07, 6.45) is 4.02. The van der Waals surface area contributed by atoms with Crippen molar-refractivity contribution in [1.29, 1.82) is 0 Å². The molecule has 91 valence electrons. The normalized spacial score (nSPS) is 13.0. The van der Waals surface area contributed by atoms with Crippen LogP contribution in [0.15, 0.2) is 30.3 Å². The average Bonchev–Trinajstić information content (AvgIpc) is 2.39. The predicted molar refractivity (Wildman–Crippen MR) is 72.1 cm³/mol. The third-order valence-corrected chi connectivity index (χ3v) is 3.69. The minimum Gasteiger partial charge on any atom is -0.206 e. The van der Waals surface area contributed by atoms with E-state index in [1.807, 2.05) is 6.07 Å². The Hall–Kier alpha value is -1.63. The Morgan fingerprint density at radius 3 is 2.89 bits per heavy atom. The molecule has 0 heterocycles. The zero-order valence-electron chi connectivity index (χ0n) is 10.6. The van der Waals surface area contributed by atoms with E-state index < -0.39 is 0 Å². The molecule has 0 spiro atoms. The molecule has 0 atom stereocenters. The van der Waals surface area contributed by atoms with Crippen LogP contribution in [0.25, 0.3) is 11.1 Å². The molecule has 0 fully saturated rings. The lowest BCUT2D eigenvalue weighted by Crippen LogP contribution is -2.06. The van der Waals surface area contributed by atoms with Crippen molar-refractivity contribution in [3.05, 3.63) is 58.9 Å². The quantitative estimate of drug-likeness (QED) is 0.731. The number of hydrogen-bond donors (Lipinski definition) is 0. The Labute approximate surface area is 107 Å². The maximum absolute atomic E-state index is 13.7. The van der Waals surface area contributed by atoms with Gasteiger partial charge in [-0.25, -0.2) is 4.39 Å². The number of halogens is 1. The van der Waals surface area contributed by atoms with E-state index in [0.29, 0.717) is 0 Å². The third kappa shape index (κ3) is 1.84. The van der Waals surface area contributed by atoms with Crippen molar-refractivity contribution in [2.45, 2.75) is 32.6 Å². The van der Waals surface area contributed by atoms with Gasteiger partial charge in [0.25, 0.3) is 0 Å². The summed E-state index contributed by atoms with van der Waals surface area (Å²) in [6, 6.07) is 12.9. The van der Waals surface area contributed by atoms with Crippen LogP contribution < -0.4 is 0 Å². The highest BCUT2D eigenvalue weighted by Crippen LogP contribution is 2.35. The van der Waals surface area contributed by atoms with Crippen LogP contribution in [0.5, 0.6) is 0 Å². The fourth-order valence-corrected chi connectivity index (χ4v) is 2.82. The molecule has 0 unspecified atom stereocenters. The first-order valence-electron chi connectivity index (χ1n) is 6.61. The zero-order chi connectivity index (χ0) is 12.5. The van der Waals surface area contributed by atoms with Gasteiger partial charge < -0.3 is 0 Å². The number of aryl methyl sites for hydroxylation is 2. The maximum atomic E-state index is 13.7. The second-order valence-electron chi connectivity index (χ2n) is 4.93. The lowest BCUT2D eigenvalue weighted by molar-refractivity contribution is 0.605. The van der Waals surface area contributed by atoms with Gasteiger partial charge in [-0.3, -0.25) is 0 Å². The van der Waals surface area contributed by atoms with E-state index in [2.05, 4.69) is 31.2 Å². The van der Waals surface area contributed by atoms with E-state index in [-0.39, 0.29) is 5.82 Å². The van der Waals surface area contributed by atoms with Crippen molar-refractivity contribution in [3.63, 3.8) is 0 Å². The number of hydrogen-bond acceptors (Lipinski definition) is 0. The first-order valence-corrected chi connectivity index (χ1v) is 6.61. The molecule has 2 aromatic carbocycles. The van der Waals surface area contributed by atoms with Crippen LogP contribution in [-0.4, -0.2) is 0 Å². The van der Waals surface area contributed by atoms with Gasteiger partial charge in [-0.1, -0.05) is 43.7 Å². The molecule has 0 amide bonds. The van der Waals surface area contributed by atoms with Crippen LogP contribution in [0.4, 0.5) is 4.39 Å². The lowest BCUT2D eigenvalue weighted by atomic mass is 9.84. The van der Waals surface area contributed by atoms with E-state index in [9.17, 15) is 4.39 Å². The topological polar surface area (TPSA) is 0 Å². The highest BCUT2D eigenvalue weighted by atomic mass is 19.1.